The van der Waals surface area contributed by atoms with Crippen molar-refractivity contribution >= 4 is 23.4 Å². The fourth-order valence-corrected chi connectivity index (χ4v) is 2.43. The second-order valence-corrected chi connectivity index (χ2v) is 5.43. The van der Waals surface area contributed by atoms with Gasteiger partial charge in [-0.25, -0.2) is 4.39 Å². The van der Waals surface area contributed by atoms with Gasteiger partial charge in [0.05, 0.1) is 5.25 Å². The number of rotatable bonds is 4. The highest BCUT2D eigenvalue weighted by molar-refractivity contribution is 8.00. The molecule has 0 spiro atoms. The summed E-state index contributed by atoms with van der Waals surface area (Å²) in [6.07, 6.45) is 0. The molecule has 0 heterocycles. The largest absolute Gasteiger partial charge is 0.325 e. The first-order chi connectivity index (χ1) is 9.16. The lowest BCUT2D eigenvalue weighted by Gasteiger charge is -2.12. The average Bonchev–Trinajstić information content (AvgIpc) is 2.42. The summed E-state index contributed by atoms with van der Waals surface area (Å²) in [6, 6.07) is 15.7. The lowest BCUT2D eigenvalue weighted by molar-refractivity contribution is -0.115. The predicted molar refractivity (Wildman–Crippen MR) is 76.8 cm³/mol. The van der Waals surface area contributed by atoms with E-state index in [0.29, 0.717) is 4.90 Å². The maximum absolute atomic E-state index is 13.5. The molecule has 1 amide bonds. The molecule has 1 N–H and O–H groups in total. The number of anilines is 1. The van der Waals surface area contributed by atoms with Crippen molar-refractivity contribution in [3.63, 3.8) is 0 Å². The Morgan fingerprint density at radius 2 is 1.74 bits per heavy atom. The van der Waals surface area contributed by atoms with Crippen molar-refractivity contribution in [2.45, 2.75) is 17.1 Å². The summed E-state index contributed by atoms with van der Waals surface area (Å²) < 4.78 is 13.5. The summed E-state index contributed by atoms with van der Waals surface area (Å²) in [5.74, 6) is -0.439. The minimum Gasteiger partial charge on any atom is -0.325 e. The van der Waals surface area contributed by atoms with E-state index in [1.165, 1.54) is 17.8 Å². The Labute approximate surface area is 116 Å². The van der Waals surface area contributed by atoms with Crippen molar-refractivity contribution < 1.29 is 9.18 Å². The molecule has 0 aliphatic carbocycles. The van der Waals surface area contributed by atoms with Crippen LogP contribution in [0.15, 0.2) is 59.5 Å². The molecule has 2 nitrogen and oxygen atoms in total. The zero-order chi connectivity index (χ0) is 13.7. The summed E-state index contributed by atoms with van der Waals surface area (Å²) in [6.45, 7) is 1.76. The van der Waals surface area contributed by atoms with Crippen LogP contribution in [-0.2, 0) is 4.79 Å². The van der Waals surface area contributed by atoms with Crippen LogP contribution in [0.4, 0.5) is 10.1 Å². The topological polar surface area (TPSA) is 29.1 Å². The fraction of sp³-hybridized carbons (Fsp3) is 0.133. The van der Waals surface area contributed by atoms with E-state index in [2.05, 4.69) is 5.32 Å². The number of hydrogen-bond acceptors (Lipinski definition) is 2. The molecule has 0 saturated heterocycles. The minimum atomic E-state index is -0.364. The number of thioether (sulfide) groups is 1. The molecule has 0 fully saturated rings. The molecule has 1 atom stereocenters. The molecule has 19 heavy (non-hydrogen) atoms. The molecular formula is C15H14FNOS. The van der Waals surface area contributed by atoms with E-state index < -0.39 is 0 Å². The minimum absolute atomic E-state index is 0.139. The first-order valence-corrected chi connectivity index (χ1v) is 6.82. The molecule has 0 aliphatic heterocycles. The monoisotopic (exact) mass is 275 g/mol. The van der Waals surface area contributed by atoms with Crippen LogP contribution in [-0.4, -0.2) is 11.2 Å². The van der Waals surface area contributed by atoms with Crippen LogP contribution in [0.5, 0.6) is 0 Å². The summed E-state index contributed by atoms with van der Waals surface area (Å²) in [5, 5.41) is 2.44. The number of benzene rings is 2. The van der Waals surface area contributed by atoms with Gasteiger partial charge in [0.2, 0.25) is 5.91 Å². The highest BCUT2D eigenvalue weighted by Gasteiger charge is 2.16. The number of carbonyl (C=O) groups excluding carboxylic acids is 1. The van der Waals surface area contributed by atoms with Gasteiger partial charge in [0.15, 0.2) is 0 Å². The summed E-state index contributed by atoms with van der Waals surface area (Å²) in [4.78, 5) is 12.5. The number of amides is 1. The molecule has 2 aromatic rings. The molecule has 0 aliphatic rings. The van der Waals surface area contributed by atoms with Crippen molar-refractivity contribution in [1.82, 2.24) is 0 Å². The van der Waals surface area contributed by atoms with Crippen molar-refractivity contribution in [2.24, 2.45) is 0 Å². The first kappa shape index (κ1) is 13.6. The van der Waals surface area contributed by atoms with Crippen LogP contribution in [0.25, 0.3) is 0 Å². The molecule has 2 rings (SSSR count). The highest BCUT2D eigenvalue weighted by Crippen LogP contribution is 2.26. The normalized spacial score (nSPS) is 11.9. The fourth-order valence-electron chi connectivity index (χ4n) is 1.55. The third-order valence-corrected chi connectivity index (χ3v) is 3.70. The van der Waals surface area contributed by atoms with E-state index in [1.54, 1.807) is 25.1 Å². The van der Waals surface area contributed by atoms with Gasteiger partial charge in [0, 0.05) is 10.6 Å². The highest BCUT2D eigenvalue weighted by atomic mass is 32.2. The van der Waals surface area contributed by atoms with Gasteiger partial charge in [-0.3, -0.25) is 4.79 Å². The maximum Gasteiger partial charge on any atom is 0.237 e. The molecule has 0 unspecified atom stereocenters. The van der Waals surface area contributed by atoms with Gasteiger partial charge in [-0.05, 0) is 31.2 Å². The Morgan fingerprint density at radius 1 is 1.11 bits per heavy atom. The van der Waals surface area contributed by atoms with E-state index in [0.717, 1.165) is 5.69 Å². The number of nitrogens with one attached hydrogen (secondary N) is 1. The number of halogens is 1. The molecule has 0 bridgehead atoms. The SMILES string of the molecule is C[C@H](Sc1ccccc1F)C(=O)Nc1ccccc1. The van der Waals surface area contributed by atoms with Gasteiger partial charge in [0.1, 0.15) is 5.82 Å². The van der Waals surface area contributed by atoms with Crippen molar-refractivity contribution in [3.8, 4) is 0 Å². The lowest BCUT2D eigenvalue weighted by Crippen LogP contribution is -2.22. The van der Waals surface area contributed by atoms with Crippen LogP contribution >= 0.6 is 11.8 Å². The molecule has 0 radical (unpaired) electrons. The lowest BCUT2D eigenvalue weighted by atomic mass is 10.3. The number of carbonyl (C=O) groups is 1. The quantitative estimate of drug-likeness (QED) is 0.856. The molecular weight excluding hydrogens is 261 g/mol. The average molecular weight is 275 g/mol. The number of para-hydroxylation sites is 1. The third-order valence-electron chi connectivity index (χ3n) is 2.55. The standard InChI is InChI=1S/C15H14FNOS/c1-11(19-14-10-6-5-9-13(14)16)15(18)17-12-7-3-2-4-8-12/h2-11H,1H3,(H,17,18)/t11-/m0/s1. The van der Waals surface area contributed by atoms with Crippen molar-refractivity contribution in [1.29, 1.82) is 0 Å². The van der Waals surface area contributed by atoms with Crippen molar-refractivity contribution in [3.05, 3.63) is 60.4 Å². The Balaban J connectivity index is 1.98. The van der Waals surface area contributed by atoms with E-state index in [4.69, 9.17) is 0 Å². The zero-order valence-corrected chi connectivity index (χ0v) is 11.3. The molecule has 0 aromatic heterocycles. The van der Waals surface area contributed by atoms with Gasteiger partial charge in [-0.15, -0.1) is 11.8 Å². The molecule has 2 aromatic carbocycles. The molecule has 4 heteroatoms. The summed E-state index contributed by atoms with van der Waals surface area (Å²) in [7, 11) is 0. The Kier molecular flexibility index (Phi) is 4.58. The first-order valence-electron chi connectivity index (χ1n) is 5.94. The summed E-state index contributed by atoms with van der Waals surface area (Å²) in [5.41, 5.74) is 0.744. The van der Waals surface area contributed by atoms with Gasteiger partial charge in [-0.1, -0.05) is 30.3 Å². The van der Waals surface area contributed by atoms with Crippen molar-refractivity contribution in [2.75, 3.05) is 5.32 Å². The van der Waals surface area contributed by atoms with E-state index in [1.807, 2.05) is 30.3 Å². The third kappa shape index (κ3) is 3.83. The zero-order valence-electron chi connectivity index (χ0n) is 10.5. The van der Waals surface area contributed by atoms with Crippen LogP contribution in [0, 0.1) is 5.82 Å². The predicted octanol–water partition coefficient (Wildman–Crippen LogP) is 3.95. The smallest absolute Gasteiger partial charge is 0.237 e. The Hall–Kier alpha value is -1.81. The summed E-state index contributed by atoms with van der Waals surface area (Å²) >= 11 is 1.21. The number of hydrogen-bond donors (Lipinski definition) is 1. The van der Waals surface area contributed by atoms with E-state index in [9.17, 15) is 9.18 Å². The van der Waals surface area contributed by atoms with Crippen LogP contribution in [0.3, 0.4) is 0 Å². The van der Waals surface area contributed by atoms with Gasteiger partial charge in [-0.2, -0.15) is 0 Å². The van der Waals surface area contributed by atoms with Gasteiger partial charge in [0.25, 0.3) is 0 Å². The molecule has 0 saturated carbocycles. The van der Waals surface area contributed by atoms with Crippen LogP contribution in [0.2, 0.25) is 0 Å². The Morgan fingerprint density at radius 3 is 2.42 bits per heavy atom. The van der Waals surface area contributed by atoms with Crippen LogP contribution in [0.1, 0.15) is 6.92 Å². The second kappa shape index (κ2) is 6.38. The molecule has 98 valence electrons. The maximum atomic E-state index is 13.5. The van der Waals surface area contributed by atoms with E-state index in [-0.39, 0.29) is 17.0 Å². The second-order valence-electron chi connectivity index (χ2n) is 4.05. The van der Waals surface area contributed by atoms with Gasteiger partial charge < -0.3 is 5.32 Å². The Bertz CT molecular complexity index is 559. The van der Waals surface area contributed by atoms with E-state index >= 15 is 0 Å². The van der Waals surface area contributed by atoms with Crippen LogP contribution < -0.4 is 5.32 Å². The van der Waals surface area contributed by atoms with Gasteiger partial charge >= 0.3 is 0 Å².